The molecular weight excluding hydrogens is 258 g/mol. The molecule has 2 aromatic carbocycles. The van der Waals surface area contributed by atoms with Crippen LogP contribution in [-0.2, 0) is 19.1 Å². The van der Waals surface area contributed by atoms with E-state index >= 15 is 0 Å². The average molecular weight is 275 g/mol. The van der Waals surface area contributed by atoms with Gasteiger partial charge in [-0.25, -0.2) is 0 Å². The van der Waals surface area contributed by atoms with Crippen LogP contribution < -0.4 is 0 Å². The molecule has 1 aromatic heterocycles. The standard InChI is InChI=1S/C19H17NO/c1-20-15-9-5-3-7-13(15)17-16(20)10-11-19(21)14-8-4-2-6-12(14)18(17)19/h2-9,18,21H,10-11H2,1H3/t18-,19+/m0/s1. The monoisotopic (exact) mass is 275 g/mol. The van der Waals surface area contributed by atoms with E-state index in [1.807, 2.05) is 6.07 Å². The zero-order valence-corrected chi connectivity index (χ0v) is 12.0. The summed E-state index contributed by atoms with van der Waals surface area (Å²) in [6.45, 7) is 0. The van der Waals surface area contributed by atoms with Crippen LogP contribution >= 0.6 is 0 Å². The van der Waals surface area contributed by atoms with Gasteiger partial charge in [0.15, 0.2) is 0 Å². The van der Waals surface area contributed by atoms with Crippen molar-refractivity contribution in [3.63, 3.8) is 0 Å². The summed E-state index contributed by atoms with van der Waals surface area (Å²) >= 11 is 0. The normalized spacial score (nSPS) is 25.9. The highest BCUT2D eigenvalue weighted by Gasteiger charge is 2.54. The summed E-state index contributed by atoms with van der Waals surface area (Å²) in [6, 6.07) is 16.9. The van der Waals surface area contributed by atoms with Gasteiger partial charge in [-0.15, -0.1) is 0 Å². The van der Waals surface area contributed by atoms with Gasteiger partial charge in [0, 0.05) is 29.6 Å². The van der Waals surface area contributed by atoms with Gasteiger partial charge in [-0.1, -0.05) is 42.5 Å². The van der Waals surface area contributed by atoms with Gasteiger partial charge in [0.2, 0.25) is 0 Å². The summed E-state index contributed by atoms with van der Waals surface area (Å²) in [5, 5.41) is 12.5. The SMILES string of the molecule is Cn1c2c(c3ccccc31)[C@@H]1c3ccccc3[C@]1(O)CC2. The predicted molar refractivity (Wildman–Crippen MR) is 83.4 cm³/mol. The van der Waals surface area contributed by atoms with Gasteiger partial charge in [0.25, 0.3) is 0 Å². The van der Waals surface area contributed by atoms with Crippen LogP contribution in [0.25, 0.3) is 10.9 Å². The molecule has 0 fully saturated rings. The number of hydrogen-bond acceptors (Lipinski definition) is 1. The van der Waals surface area contributed by atoms with E-state index in [9.17, 15) is 5.11 Å². The maximum absolute atomic E-state index is 11.2. The lowest BCUT2D eigenvalue weighted by Gasteiger charge is -2.50. The number of rotatable bonds is 0. The van der Waals surface area contributed by atoms with E-state index < -0.39 is 5.60 Å². The van der Waals surface area contributed by atoms with Crippen molar-refractivity contribution < 1.29 is 5.11 Å². The third kappa shape index (κ3) is 1.19. The van der Waals surface area contributed by atoms with Crippen molar-refractivity contribution in [1.29, 1.82) is 0 Å². The second-order valence-electron chi connectivity index (χ2n) is 6.38. The molecule has 1 N–H and O–H groups in total. The van der Waals surface area contributed by atoms with Crippen LogP contribution in [-0.4, -0.2) is 9.67 Å². The summed E-state index contributed by atoms with van der Waals surface area (Å²) < 4.78 is 2.31. The Morgan fingerprint density at radius 3 is 2.76 bits per heavy atom. The molecule has 1 heterocycles. The largest absolute Gasteiger partial charge is 0.384 e. The van der Waals surface area contributed by atoms with Crippen LogP contribution in [0.5, 0.6) is 0 Å². The van der Waals surface area contributed by atoms with Crippen molar-refractivity contribution in [2.24, 2.45) is 7.05 Å². The third-order valence-corrected chi connectivity index (χ3v) is 5.52. The number of para-hydroxylation sites is 1. The first kappa shape index (κ1) is 11.6. The third-order valence-electron chi connectivity index (χ3n) is 5.52. The maximum Gasteiger partial charge on any atom is 0.101 e. The molecule has 2 aliphatic carbocycles. The fourth-order valence-corrected chi connectivity index (χ4v) is 4.56. The lowest BCUT2D eigenvalue weighted by atomic mass is 9.57. The Hall–Kier alpha value is -2.06. The first-order valence-corrected chi connectivity index (χ1v) is 7.60. The molecule has 3 aromatic rings. The molecule has 2 nitrogen and oxygen atoms in total. The Morgan fingerprint density at radius 2 is 1.86 bits per heavy atom. The molecule has 0 amide bonds. The maximum atomic E-state index is 11.2. The van der Waals surface area contributed by atoms with Gasteiger partial charge in [-0.2, -0.15) is 0 Å². The number of nitrogens with zero attached hydrogens (tertiary/aromatic N) is 1. The predicted octanol–water partition coefficient (Wildman–Crippen LogP) is 3.46. The lowest BCUT2D eigenvalue weighted by molar-refractivity contribution is -0.0216. The number of fused-ring (bicyclic) bond motifs is 8. The van der Waals surface area contributed by atoms with Gasteiger partial charge in [-0.3, -0.25) is 0 Å². The second-order valence-corrected chi connectivity index (χ2v) is 6.38. The van der Waals surface area contributed by atoms with E-state index in [1.165, 1.54) is 27.7 Å². The minimum atomic E-state index is -0.659. The number of aliphatic hydroxyl groups is 1. The highest BCUT2D eigenvalue weighted by Crippen LogP contribution is 2.60. The summed E-state index contributed by atoms with van der Waals surface area (Å²) in [6.07, 6.45) is 1.77. The topological polar surface area (TPSA) is 25.2 Å². The molecular formula is C19H17NO. The van der Waals surface area contributed by atoms with Crippen LogP contribution in [0.3, 0.4) is 0 Å². The van der Waals surface area contributed by atoms with Crippen LogP contribution in [0, 0.1) is 0 Å². The number of aryl methyl sites for hydroxylation is 1. The quantitative estimate of drug-likeness (QED) is 0.668. The smallest absolute Gasteiger partial charge is 0.101 e. The minimum absolute atomic E-state index is 0.142. The summed E-state index contributed by atoms with van der Waals surface area (Å²) in [7, 11) is 2.15. The van der Waals surface area contributed by atoms with Crippen molar-refractivity contribution in [3.05, 3.63) is 70.9 Å². The molecule has 0 aliphatic heterocycles. The van der Waals surface area contributed by atoms with Crippen LogP contribution in [0.15, 0.2) is 48.5 Å². The summed E-state index contributed by atoms with van der Waals surface area (Å²) in [5.41, 5.74) is 5.79. The first-order chi connectivity index (χ1) is 10.2. The Balaban J connectivity index is 1.88. The average Bonchev–Trinajstić information content (AvgIpc) is 2.79. The fourth-order valence-electron chi connectivity index (χ4n) is 4.56. The minimum Gasteiger partial charge on any atom is -0.384 e. The zero-order chi connectivity index (χ0) is 14.2. The van der Waals surface area contributed by atoms with Crippen molar-refractivity contribution in [2.45, 2.75) is 24.4 Å². The van der Waals surface area contributed by atoms with E-state index in [0.29, 0.717) is 0 Å². The molecule has 0 spiro atoms. The second kappa shape index (κ2) is 3.58. The highest BCUT2D eigenvalue weighted by molar-refractivity contribution is 5.88. The number of aromatic nitrogens is 1. The van der Waals surface area contributed by atoms with Crippen molar-refractivity contribution in [1.82, 2.24) is 4.57 Å². The van der Waals surface area contributed by atoms with Crippen LogP contribution in [0.1, 0.15) is 34.7 Å². The van der Waals surface area contributed by atoms with Crippen LogP contribution in [0.4, 0.5) is 0 Å². The van der Waals surface area contributed by atoms with E-state index in [4.69, 9.17) is 0 Å². The van der Waals surface area contributed by atoms with E-state index in [1.54, 1.807) is 0 Å². The number of hydrogen-bond donors (Lipinski definition) is 1. The molecule has 0 radical (unpaired) electrons. The number of benzene rings is 2. The molecule has 0 unspecified atom stereocenters. The van der Waals surface area contributed by atoms with Gasteiger partial charge < -0.3 is 9.67 Å². The van der Waals surface area contributed by atoms with Gasteiger partial charge >= 0.3 is 0 Å². The van der Waals surface area contributed by atoms with Gasteiger partial charge in [0.05, 0.1) is 0 Å². The molecule has 5 rings (SSSR count). The molecule has 104 valence electrons. The molecule has 0 bridgehead atoms. The van der Waals surface area contributed by atoms with Crippen LogP contribution in [0.2, 0.25) is 0 Å². The summed E-state index contributed by atoms with van der Waals surface area (Å²) in [4.78, 5) is 0. The van der Waals surface area contributed by atoms with E-state index in [0.717, 1.165) is 18.4 Å². The Bertz CT molecular complexity index is 892. The molecule has 2 atom stereocenters. The molecule has 21 heavy (non-hydrogen) atoms. The van der Waals surface area contributed by atoms with Crippen molar-refractivity contribution >= 4 is 10.9 Å². The molecule has 2 aliphatic rings. The Morgan fingerprint density at radius 1 is 1.10 bits per heavy atom. The van der Waals surface area contributed by atoms with Crippen molar-refractivity contribution in [3.8, 4) is 0 Å². The van der Waals surface area contributed by atoms with E-state index in [2.05, 4.69) is 54.1 Å². The molecule has 2 heteroatoms. The van der Waals surface area contributed by atoms with Crippen molar-refractivity contribution in [2.75, 3.05) is 0 Å². The summed E-state index contributed by atoms with van der Waals surface area (Å²) in [5.74, 6) is 0.142. The van der Waals surface area contributed by atoms with E-state index in [-0.39, 0.29) is 5.92 Å². The van der Waals surface area contributed by atoms with Gasteiger partial charge in [0.1, 0.15) is 5.60 Å². The zero-order valence-electron chi connectivity index (χ0n) is 12.0. The Labute approximate surface area is 123 Å². The molecule has 0 saturated heterocycles. The Kier molecular flexibility index (Phi) is 1.97. The lowest BCUT2D eigenvalue weighted by Crippen LogP contribution is -2.47. The first-order valence-electron chi connectivity index (χ1n) is 7.60. The molecule has 0 saturated carbocycles. The highest BCUT2D eigenvalue weighted by atomic mass is 16.3. The fraction of sp³-hybridized carbons (Fsp3) is 0.263. The van der Waals surface area contributed by atoms with Gasteiger partial charge in [-0.05, 0) is 35.6 Å².